The van der Waals surface area contributed by atoms with Crippen LogP contribution in [0.15, 0.2) is 36.4 Å². The third-order valence-electron chi connectivity index (χ3n) is 5.16. The molecule has 1 heterocycles. The molecule has 0 aliphatic carbocycles. The predicted octanol–water partition coefficient (Wildman–Crippen LogP) is 5.28. The highest BCUT2D eigenvalue weighted by Gasteiger charge is 2.30. The molecule has 2 N–H and O–H groups in total. The van der Waals surface area contributed by atoms with Crippen molar-refractivity contribution in [2.24, 2.45) is 0 Å². The van der Waals surface area contributed by atoms with Crippen LogP contribution in [-0.2, 0) is 9.53 Å². The molecule has 30 heavy (non-hydrogen) atoms. The molecule has 0 aliphatic rings. The van der Waals surface area contributed by atoms with Gasteiger partial charge in [-0.15, -0.1) is 0 Å². The van der Waals surface area contributed by atoms with Crippen LogP contribution in [-0.4, -0.2) is 33.3 Å². The minimum absolute atomic E-state index is 0.0498. The average molecular weight is 430 g/mol. The molecule has 1 unspecified atom stereocenters. The second kappa shape index (κ2) is 8.40. The molecule has 1 atom stereocenters. The third kappa shape index (κ3) is 3.63. The molecule has 0 fully saturated rings. The van der Waals surface area contributed by atoms with Crippen LogP contribution in [0.4, 0.5) is 0 Å². The van der Waals surface area contributed by atoms with E-state index in [0.717, 1.165) is 5.52 Å². The number of hydrogen-bond donors (Lipinski definition) is 2. The van der Waals surface area contributed by atoms with Crippen LogP contribution >= 0.6 is 11.6 Å². The summed E-state index contributed by atoms with van der Waals surface area (Å²) in [5.74, 6) is -2.90. The first-order valence-corrected chi connectivity index (χ1v) is 10.1. The molecule has 7 heteroatoms. The maximum absolute atomic E-state index is 12.9. The third-order valence-corrected chi connectivity index (χ3v) is 5.48. The van der Waals surface area contributed by atoms with Crippen LogP contribution in [0.2, 0.25) is 5.02 Å². The number of nitrogens with zero attached hydrogens (tertiary/aromatic N) is 1. The van der Waals surface area contributed by atoms with Crippen LogP contribution in [0.3, 0.4) is 0 Å². The van der Waals surface area contributed by atoms with Gasteiger partial charge < -0.3 is 19.5 Å². The number of aliphatic carboxylic acids is 1. The van der Waals surface area contributed by atoms with Crippen molar-refractivity contribution in [2.45, 2.75) is 39.7 Å². The Morgan fingerprint density at radius 2 is 1.90 bits per heavy atom. The molecule has 0 spiro atoms. The Morgan fingerprint density at radius 1 is 1.20 bits per heavy atom. The lowest BCUT2D eigenvalue weighted by atomic mass is 9.87. The Balaban J connectivity index is 2.39. The zero-order valence-corrected chi connectivity index (χ0v) is 18.0. The number of carboxylic acids is 1. The summed E-state index contributed by atoms with van der Waals surface area (Å²) < 4.78 is 7.29. The molecular formula is C23H24ClNO5. The van der Waals surface area contributed by atoms with E-state index in [1.165, 1.54) is 12.1 Å². The van der Waals surface area contributed by atoms with Gasteiger partial charge in [0.2, 0.25) is 0 Å². The average Bonchev–Trinajstić information content (AvgIpc) is 2.97. The van der Waals surface area contributed by atoms with E-state index in [4.69, 9.17) is 16.3 Å². The Hall–Kier alpha value is -2.99. The van der Waals surface area contributed by atoms with Gasteiger partial charge in [-0.05, 0) is 57.0 Å². The van der Waals surface area contributed by atoms with Gasteiger partial charge in [0.25, 0.3) is 0 Å². The van der Waals surface area contributed by atoms with E-state index in [1.807, 2.05) is 31.4 Å². The van der Waals surface area contributed by atoms with Crippen LogP contribution < -0.4 is 0 Å². The van der Waals surface area contributed by atoms with Crippen molar-refractivity contribution in [3.8, 4) is 5.75 Å². The van der Waals surface area contributed by atoms with Gasteiger partial charge in [-0.2, -0.15) is 0 Å². The SMILES string of the molecule is CCOC(=O)c1c(C)n(C(C)C)c2cccc(C(C(=O)O)c3ccc(Cl)c(O)c3)c12. The molecule has 3 aromatic rings. The molecule has 0 saturated heterocycles. The van der Waals surface area contributed by atoms with Crippen LogP contribution in [0.1, 0.15) is 59.9 Å². The van der Waals surface area contributed by atoms with Gasteiger partial charge in [0.1, 0.15) is 11.7 Å². The minimum Gasteiger partial charge on any atom is -0.506 e. The van der Waals surface area contributed by atoms with Crippen molar-refractivity contribution >= 4 is 34.4 Å². The first-order chi connectivity index (χ1) is 14.2. The molecule has 6 nitrogen and oxygen atoms in total. The zero-order chi connectivity index (χ0) is 22.2. The fourth-order valence-corrected chi connectivity index (χ4v) is 4.15. The molecule has 1 aromatic heterocycles. The fraction of sp³-hybridized carbons (Fsp3) is 0.304. The lowest BCUT2D eigenvalue weighted by molar-refractivity contribution is -0.137. The quantitative estimate of drug-likeness (QED) is 0.520. The first-order valence-electron chi connectivity index (χ1n) is 9.70. The van der Waals surface area contributed by atoms with Gasteiger partial charge in [-0.25, -0.2) is 4.79 Å². The van der Waals surface area contributed by atoms with Crippen LogP contribution in [0.5, 0.6) is 5.75 Å². The number of aromatic nitrogens is 1. The van der Waals surface area contributed by atoms with E-state index >= 15 is 0 Å². The molecular weight excluding hydrogens is 406 g/mol. The number of phenols is 1. The van der Waals surface area contributed by atoms with Gasteiger partial charge in [0, 0.05) is 22.6 Å². The largest absolute Gasteiger partial charge is 0.506 e. The van der Waals surface area contributed by atoms with Gasteiger partial charge >= 0.3 is 11.9 Å². The normalized spacial score (nSPS) is 12.3. The lowest BCUT2D eigenvalue weighted by Gasteiger charge is -2.17. The Morgan fingerprint density at radius 3 is 2.47 bits per heavy atom. The summed E-state index contributed by atoms with van der Waals surface area (Å²) in [7, 11) is 0. The topological polar surface area (TPSA) is 88.8 Å². The molecule has 0 radical (unpaired) electrons. The highest BCUT2D eigenvalue weighted by Crippen LogP contribution is 2.39. The number of hydrogen-bond acceptors (Lipinski definition) is 4. The number of ether oxygens (including phenoxy) is 1. The van der Waals surface area contributed by atoms with E-state index in [-0.39, 0.29) is 23.4 Å². The highest BCUT2D eigenvalue weighted by molar-refractivity contribution is 6.32. The van der Waals surface area contributed by atoms with Crippen molar-refractivity contribution in [3.63, 3.8) is 0 Å². The van der Waals surface area contributed by atoms with Gasteiger partial charge in [0.05, 0.1) is 17.2 Å². The van der Waals surface area contributed by atoms with Crippen molar-refractivity contribution in [1.82, 2.24) is 4.57 Å². The van der Waals surface area contributed by atoms with E-state index in [1.54, 1.807) is 25.1 Å². The van der Waals surface area contributed by atoms with E-state index in [2.05, 4.69) is 0 Å². The maximum atomic E-state index is 12.9. The Bertz CT molecular complexity index is 1130. The molecule has 3 rings (SSSR count). The summed E-state index contributed by atoms with van der Waals surface area (Å²) >= 11 is 5.90. The lowest BCUT2D eigenvalue weighted by Crippen LogP contribution is -2.14. The summed E-state index contributed by atoms with van der Waals surface area (Å²) in [5, 5.41) is 20.8. The Kier molecular flexibility index (Phi) is 6.08. The van der Waals surface area contributed by atoms with Crippen LogP contribution in [0.25, 0.3) is 10.9 Å². The van der Waals surface area contributed by atoms with Gasteiger partial charge in [0.15, 0.2) is 0 Å². The van der Waals surface area contributed by atoms with Crippen molar-refractivity contribution in [1.29, 1.82) is 0 Å². The van der Waals surface area contributed by atoms with Crippen LogP contribution in [0, 0.1) is 6.92 Å². The number of carbonyl (C=O) groups excluding carboxylic acids is 1. The summed E-state index contributed by atoms with van der Waals surface area (Å²) in [6.45, 7) is 7.77. The summed E-state index contributed by atoms with van der Waals surface area (Å²) in [4.78, 5) is 25.2. The number of rotatable bonds is 6. The maximum Gasteiger partial charge on any atom is 0.340 e. The van der Waals surface area contributed by atoms with Crippen molar-refractivity contribution < 1.29 is 24.5 Å². The summed E-state index contributed by atoms with van der Waals surface area (Å²) in [5.41, 5.74) is 2.65. The first kappa shape index (κ1) is 21.7. The minimum atomic E-state index is -1.10. The highest BCUT2D eigenvalue weighted by atomic mass is 35.5. The Labute approximate surface area is 179 Å². The standard InChI is InChI=1S/C23H24ClNO5/c1-5-30-23(29)19-13(4)25(12(2)3)17-8-6-7-15(21(17)19)20(22(27)28)14-9-10-16(24)18(26)11-14/h6-12,20,26H,5H2,1-4H3,(H,27,28). The molecule has 158 valence electrons. The van der Waals surface area contributed by atoms with E-state index < -0.39 is 17.9 Å². The van der Waals surface area contributed by atoms with E-state index in [9.17, 15) is 19.8 Å². The van der Waals surface area contributed by atoms with Gasteiger partial charge in [-0.1, -0.05) is 29.8 Å². The number of phenolic OH excluding ortho intramolecular Hbond substituents is 1. The number of fused-ring (bicyclic) bond motifs is 1. The van der Waals surface area contributed by atoms with Gasteiger partial charge in [-0.3, -0.25) is 4.79 Å². The second-order valence-electron chi connectivity index (χ2n) is 7.37. The number of halogens is 1. The molecule has 0 saturated carbocycles. The smallest absolute Gasteiger partial charge is 0.340 e. The van der Waals surface area contributed by atoms with E-state index in [0.29, 0.717) is 27.8 Å². The second-order valence-corrected chi connectivity index (χ2v) is 7.78. The fourth-order valence-electron chi connectivity index (χ4n) is 4.04. The number of carbonyl (C=O) groups is 2. The predicted molar refractivity (Wildman–Crippen MR) is 116 cm³/mol. The number of carboxylic acid groups (broad SMARTS) is 1. The molecule has 2 aromatic carbocycles. The number of esters is 1. The molecule has 0 amide bonds. The number of benzene rings is 2. The van der Waals surface area contributed by atoms with Crippen molar-refractivity contribution in [2.75, 3.05) is 6.61 Å². The number of aromatic hydroxyl groups is 1. The monoisotopic (exact) mass is 429 g/mol. The summed E-state index contributed by atoms with van der Waals surface area (Å²) in [6.07, 6.45) is 0. The molecule has 0 aliphatic heterocycles. The summed E-state index contributed by atoms with van der Waals surface area (Å²) in [6, 6.07) is 9.75. The molecule has 0 bridgehead atoms. The van der Waals surface area contributed by atoms with Crippen molar-refractivity contribution in [3.05, 3.63) is 63.8 Å². The zero-order valence-electron chi connectivity index (χ0n) is 17.3.